The number of thioether (sulfide) groups is 1. The average molecular weight is 428 g/mol. The predicted octanol–water partition coefficient (Wildman–Crippen LogP) is 2.42. The summed E-state index contributed by atoms with van der Waals surface area (Å²) in [7, 11) is -1.88. The Kier molecular flexibility index (Phi) is 7.73. The minimum atomic E-state index is -3.54. The fourth-order valence-corrected chi connectivity index (χ4v) is 5.67. The Labute approximate surface area is 171 Å². The van der Waals surface area contributed by atoms with Crippen molar-refractivity contribution in [3.05, 3.63) is 18.3 Å². The minimum absolute atomic E-state index is 0.0698. The molecule has 1 saturated heterocycles. The zero-order valence-electron chi connectivity index (χ0n) is 16.3. The SMILES string of the molecule is CN(C1CCCCC1)S(=O)(=O)c1ccc(SCC(=O)NCC2CCCO2)nc1. The molecule has 1 amide bonds. The molecule has 1 aliphatic carbocycles. The largest absolute Gasteiger partial charge is 0.376 e. The number of aromatic nitrogens is 1. The predicted molar refractivity (Wildman–Crippen MR) is 109 cm³/mol. The molecule has 7 nitrogen and oxygen atoms in total. The third-order valence-electron chi connectivity index (χ3n) is 5.38. The lowest BCUT2D eigenvalue weighted by Gasteiger charge is -2.30. The van der Waals surface area contributed by atoms with Gasteiger partial charge in [0, 0.05) is 32.4 Å². The maximum absolute atomic E-state index is 12.8. The summed E-state index contributed by atoms with van der Waals surface area (Å²) in [5.41, 5.74) is 0. The molecule has 0 spiro atoms. The van der Waals surface area contributed by atoms with Gasteiger partial charge < -0.3 is 10.1 Å². The van der Waals surface area contributed by atoms with E-state index in [0.717, 1.165) is 45.1 Å². The van der Waals surface area contributed by atoms with Crippen LogP contribution in [0.25, 0.3) is 0 Å². The van der Waals surface area contributed by atoms with Crippen LogP contribution in [0, 0.1) is 0 Å². The van der Waals surface area contributed by atoms with E-state index in [1.165, 1.54) is 28.7 Å². The first-order valence-electron chi connectivity index (χ1n) is 9.92. The molecule has 2 aliphatic rings. The summed E-state index contributed by atoms with van der Waals surface area (Å²) in [4.78, 5) is 16.4. The number of nitrogens with zero attached hydrogens (tertiary/aromatic N) is 2. The first kappa shape index (κ1) is 21.5. The Hall–Kier alpha value is -1.16. The maximum Gasteiger partial charge on any atom is 0.244 e. The lowest BCUT2D eigenvalue weighted by Crippen LogP contribution is -2.38. The standard InChI is InChI=1S/C19H29N3O4S2/c1-22(15-6-3-2-4-7-15)28(24,25)17-9-10-19(21-13-17)27-14-18(23)20-12-16-8-5-11-26-16/h9-10,13,15-16H,2-8,11-12,14H2,1H3,(H,20,23). The van der Waals surface area contributed by atoms with Crippen LogP contribution >= 0.6 is 11.8 Å². The van der Waals surface area contributed by atoms with Crippen LogP contribution in [0.2, 0.25) is 0 Å². The van der Waals surface area contributed by atoms with Crippen molar-refractivity contribution in [3.63, 3.8) is 0 Å². The molecular weight excluding hydrogens is 398 g/mol. The molecule has 1 aromatic rings. The van der Waals surface area contributed by atoms with Crippen molar-refractivity contribution in [1.82, 2.24) is 14.6 Å². The molecule has 3 rings (SSSR count). The zero-order valence-corrected chi connectivity index (χ0v) is 17.9. The fourth-order valence-electron chi connectivity index (χ4n) is 3.64. The molecule has 2 fully saturated rings. The number of pyridine rings is 1. The summed E-state index contributed by atoms with van der Waals surface area (Å²) in [6.07, 6.45) is 8.71. The van der Waals surface area contributed by atoms with Crippen LogP contribution in [-0.4, -0.2) is 61.7 Å². The summed E-state index contributed by atoms with van der Waals surface area (Å²) < 4.78 is 32.6. The Morgan fingerprint density at radius 1 is 1.25 bits per heavy atom. The maximum atomic E-state index is 12.8. The van der Waals surface area contributed by atoms with Gasteiger partial charge in [-0.25, -0.2) is 13.4 Å². The molecule has 1 unspecified atom stereocenters. The van der Waals surface area contributed by atoms with Gasteiger partial charge in [0.2, 0.25) is 15.9 Å². The van der Waals surface area contributed by atoms with Crippen molar-refractivity contribution in [1.29, 1.82) is 0 Å². The van der Waals surface area contributed by atoms with Gasteiger partial charge in [-0.15, -0.1) is 0 Å². The van der Waals surface area contributed by atoms with E-state index in [9.17, 15) is 13.2 Å². The summed E-state index contributed by atoms with van der Waals surface area (Å²) in [5.74, 6) is 0.171. The highest BCUT2D eigenvalue weighted by Crippen LogP contribution is 2.27. The molecule has 1 atom stereocenters. The van der Waals surface area contributed by atoms with Gasteiger partial charge in [-0.05, 0) is 37.8 Å². The monoisotopic (exact) mass is 427 g/mol. The third-order valence-corrected chi connectivity index (χ3v) is 8.21. The molecule has 28 heavy (non-hydrogen) atoms. The van der Waals surface area contributed by atoms with Crippen LogP contribution in [-0.2, 0) is 19.6 Å². The van der Waals surface area contributed by atoms with Crippen molar-refractivity contribution >= 4 is 27.7 Å². The highest BCUT2D eigenvalue weighted by molar-refractivity contribution is 7.99. The van der Waals surface area contributed by atoms with E-state index in [1.54, 1.807) is 19.2 Å². The Morgan fingerprint density at radius 3 is 2.68 bits per heavy atom. The van der Waals surface area contributed by atoms with Crippen LogP contribution in [0.5, 0.6) is 0 Å². The molecule has 2 heterocycles. The van der Waals surface area contributed by atoms with Crippen molar-refractivity contribution in [2.24, 2.45) is 0 Å². The molecule has 1 aromatic heterocycles. The van der Waals surface area contributed by atoms with Gasteiger partial charge in [0.1, 0.15) is 4.90 Å². The quantitative estimate of drug-likeness (QED) is 0.641. The van der Waals surface area contributed by atoms with Crippen molar-refractivity contribution in [2.75, 3.05) is 26.0 Å². The van der Waals surface area contributed by atoms with Crippen LogP contribution in [0.4, 0.5) is 0 Å². The van der Waals surface area contributed by atoms with Gasteiger partial charge in [-0.3, -0.25) is 4.79 Å². The molecule has 0 bridgehead atoms. The van der Waals surface area contributed by atoms with E-state index in [2.05, 4.69) is 10.3 Å². The highest BCUT2D eigenvalue weighted by atomic mass is 32.2. The minimum Gasteiger partial charge on any atom is -0.376 e. The number of hydrogen-bond donors (Lipinski definition) is 1. The number of hydrogen-bond acceptors (Lipinski definition) is 6. The number of rotatable bonds is 8. The van der Waals surface area contributed by atoms with Crippen LogP contribution in [0.1, 0.15) is 44.9 Å². The van der Waals surface area contributed by atoms with E-state index in [4.69, 9.17) is 4.74 Å². The molecule has 1 N–H and O–H groups in total. The van der Waals surface area contributed by atoms with Gasteiger partial charge in [-0.1, -0.05) is 31.0 Å². The lowest BCUT2D eigenvalue weighted by atomic mass is 9.96. The summed E-state index contributed by atoms with van der Waals surface area (Å²) in [6.45, 7) is 1.31. The average Bonchev–Trinajstić information content (AvgIpc) is 3.25. The number of ether oxygens (including phenoxy) is 1. The van der Waals surface area contributed by atoms with Gasteiger partial charge >= 0.3 is 0 Å². The zero-order chi connectivity index (χ0) is 20.0. The normalized spacial score (nSPS) is 21.1. The first-order chi connectivity index (χ1) is 13.5. The van der Waals surface area contributed by atoms with Gasteiger partial charge in [0.05, 0.1) is 16.9 Å². The molecule has 156 valence electrons. The van der Waals surface area contributed by atoms with Gasteiger partial charge in [0.15, 0.2) is 0 Å². The van der Waals surface area contributed by atoms with Gasteiger partial charge in [-0.2, -0.15) is 4.31 Å². The summed E-state index contributed by atoms with van der Waals surface area (Å²) in [6, 6.07) is 3.31. The second kappa shape index (κ2) is 10.0. The first-order valence-corrected chi connectivity index (χ1v) is 12.3. The molecule has 9 heteroatoms. The van der Waals surface area contributed by atoms with Crippen molar-refractivity contribution < 1.29 is 17.9 Å². The second-order valence-electron chi connectivity index (χ2n) is 7.37. The molecular formula is C19H29N3O4S2. The Morgan fingerprint density at radius 2 is 2.04 bits per heavy atom. The third kappa shape index (κ3) is 5.68. The van der Waals surface area contributed by atoms with E-state index in [-0.39, 0.29) is 28.7 Å². The van der Waals surface area contributed by atoms with E-state index < -0.39 is 10.0 Å². The number of carbonyl (C=O) groups is 1. The van der Waals surface area contributed by atoms with Crippen LogP contribution in [0.3, 0.4) is 0 Å². The highest BCUT2D eigenvalue weighted by Gasteiger charge is 2.29. The van der Waals surface area contributed by atoms with Crippen LogP contribution < -0.4 is 5.32 Å². The van der Waals surface area contributed by atoms with Gasteiger partial charge in [0.25, 0.3) is 0 Å². The van der Waals surface area contributed by atoms with Crippen molar-refractivity contribution in [3.8, 4) is 0 Å². The van der Waals surface area contributed by atoms with Crippen LogP contribution in [0.15, 0.2) is 28.3 Å². The number of sulfonamides is 1. The number of carbonyl (C=O) groups excluding carboxylic acids is 1. The van der Waals surface area contributed by atoms with E-state index >= 15 is 0 Å². The molecule has 0 aromatic carbocycles. The van der Waals surface area contributed by atoms with E-state index in [1.807, 2.05) is 0 Å². The fraction of sp³-hybridized carbons (Fsp3) is 0.684. The Balaban J connectivity index is 1.50. The molecule has 1 aliphatic heterocycles. The summed E-state index contributed by atoms with van der Waals surface area (Å²) >= 11 is 1.29. The smallest absolute Gasteiger partial charge is 0.244 e. The number of amides is 1. The number of nitrogens with one attached hydrogen (secondary N) is 1. The topological polar surface area (TPSA) is 88.6 Å². The summed E-state index contributed by atoms with van der Waals surface area (Å²) in [5, 5.41) is 3.50. The molecule has 0 radical (unpaired) electrons. The molecule has 1 saturated carbocycles. The van der Waals surface area contributed by atoms with E-state index in [0.29, 0.717) is 11.6 Å². The lowest BCUT2D eigenvalue weighted by molar-refractivity contribution is -0.119. The van der Waals surface area contributed by atoms with Crippen molar-refractivity contribution in [2.45, 2.75) is 67.0 Å². The Bertz CT molecular complexity index is 743. The second-order valence-corrected chi connectivity index (χ2v) is 10.4.